The topological polar surface area (TPSA) is 61.1 Å². The van der Waals surface area contributed by atoms with Gasteiger partial charge in [-0.05, 0) is 19.8 Å². The standard InChI is InChI=1S/C23H45NO2/c1-4-6-8-10-11-12-13-14-15-17-21(26)19-23(24)22(20(3)25)18-16-9-7-5-2/h21-22,24,26H,4-19H2,1-3H3/t21-,22?/m1/s1. The number of aliphatic hydroxyl groups is 1. The van der Waals surface area contributed by atoms with E-state index in [-0.39, 0.29) is 11.7 Å². The van der Waals surface area contributed by atoms with Crippen LogP contribution in [-0.4, -0.2) is 22.7 Å². The Morgan fingerprint density at radius 1 is 0.769 bits per heavy atom. The van der Waals surface area contributed by atoms with Gasteiger partial charge >= 0.3 is 0 Å². The first kappa shape index (κ1) is 25.3. The van der Waals surface area contributed by atoms with Crippen molar-refractivity contribution in [2.45, 2.75) is 130 Å². The van der Waals surface area contributed by atoms with Gasteiger partial charge in [-0.1, -0.05) is 97.3 Å². The molecule has 0 aromatic heterocycles. The van der Waals surface area contributed by atoms with E-state index in [1.807, 2.05) is 0 Å². The monoisotopic (exact) mass is 367 g/mol. The summed E-state index contributed by atoms with van der Waals surface area (Å²) in [5, 5.41) is 18.4. The molecular formula is C23H45NO2. The van der Waals surface area contributed by atoms with Crippen LogP contribution in [0.4, 0.5) is 0 Å². The number of hydrogen-bond acceptors (Lipinski definition) is 3. The largest absolute Gasteiger partial charge is 0.393 e. The second-order valence-corrected chi connectivity index (χ2v) is 8.01. The minimum atomic E-state index is -0.454. The molecule has 26 heavy (non-hydrogen) atoms. The molecule has 0 amide bonds. The molecule has 3 heteroatoms. The normalized spacial score (nSPS) is 13.5. The first-order valence-corrected chi connectivity index (χ1v) is 11.3. The smallest absolute Gasteiger partial charge is 0.138 e. The average molecular weight is 368 g/mol. The van der Waals surface area contributed by atoms with Crippen molar-refractivity contribution in [2.24, 2.45) is 5.92 Å². The fraction of sp³-hybridized carbons (Fsp3) is 0.913. The molecule has 0 aliphatic carbocycles. The van der Waals surface area contributed by atoms with E-state index in [0.717, 1.165) is 32.1 Å². The third-order valence-electron chi connectivity index (χ3n) is 5.35. The number of hydrogen-bond donors (Lipinski definition) is 2. The summed E-state index contributed by atoms with van der Waals surface area (Å²) in [5.41, 5.74) is 0.442. The lowest BCUT2D eigenvalue weighted by Gasteiger charge is -2.18. The first-order valence-electron chi connectivity index (χ1n) is 11.3. The fourth-order valence-corrected chi connectivity index (χ4v) is 3.59. The van der Waals surface area contributed by atoms with E-state index < -0.39 is 6.10 Å². The Bertz CT molecular complexity index is 354. The van der Waals surface area contributed by atoms with Crippen molar-refractivity contribution >= 4 is 11.5 Å². The molecule has 0 bridgehead atoms. The quantitative estimate of drug-likeness (QED) is 0.194. The number of carbonyl (C=O) groups is 1. The summed E-state index contributed by atoms with van der Waals surface area (Å²) in [5.74, 6) is -0.189. The highest BCUT2D eigenvalue weighted by Crippen LogP contribution is 2.18. The van der Waals surface area contributed by atoms with Crippen LogP contribution in [0.25, 0.3) is 0 Å². The van der Waals surface area contributed by atoms with Gasteiger partial charge in [-0.25, -0.2) is 0 Å². The highest BCUT2D eigenvalue weighted by Gasteiger charge is 2.21. The van der Waals surface area contributed by atoms with Crippen molar-refractivity contribution in [3.8, 4) is 0 Å². The molecule has 2 N–H and O–H groups in total. The van der Waals surface area contributed by atoms with Gasteiger partial charge in [0, 0.05) is 12.1 Å². The molecule has 0 aromatic carbocycles. The second-order valence-electron chi connectivity index (χ2n) is 8.01. The van der Waals surface area contributed by atoms with Crippen LogP contribution in [0.3, 0.4) is 0 Å². The van der Waals surface area contributed by atoms with E-state index in [1.54, 1.807) is 6.92 Å². The van der Waals surface area contributed by atoms with Crippen LogP contribution in [-0.2, 0) is 4.79 Å². The summed E-state index contributed by atoms with van der Waals surface area (Å²) in [7, 11) is 0. The molecular weight excluding hydrogens is 322 g/mol. The number of ketones is 1. The van der Waals surface area contributed by atoms with Crippen LogP contribution < -0.4 is 0 Å². The maximum Gasteiger partial charge on any atom is 0.138 e. The van der Waals surface area contributed by atoms with Gasteiger partial charge in [-0.2, -0.15) is 0 Å². The van der Waals surface area contributed by atoms with Crippen LogP contribution >= 0.6 is 0 Å². The van der Waals surface area contributed by atoms with Gasteiger partial charge in [0.1, 0.15) is 5.78 Å². The van der Waals surface area contributed by atoms with Crippen LogP contribution in [0.5, 0.6) is 0 Å². The average Bonchev–Trinajstić information content (AvgIpc) is 2.59. The molecule has 3 nitrogen and oxygen atoms in total. The zero-order valence-electron chi connectivity index (χ0n) is 17.8. The molecule has 0 aliphatic heterocycles. The Hall–Kier alpha value is -0.700. The van der Waals surface area contributed by atoms with Crippen LogP contribution in [0.15, 0.2) is 0 Å². The van der Waals surface area contributed by atoms with E-state index in [4.69, 9.17) is 5.41 Å². The van der Waals surface area contributed by atoms with Gasteiger partial charge in [-0.3, -0.25) is 4.79 Å². The van der Waals surface area contributed by atoms with Gasteiger partial charge in [0.25, 0.3) is 0 Å². The van der Waals surface area contributed by atoms with Crippen molar-refractivity contribution in [2.75, 3.05) is 0 Å². The van der Waals surface area contributed by atoms with E-state index in [0.29, 0.717) is 12.1 Å². The summed E-state index contributed by atoms with van der Waals surface area (Å²) in [4.78, 5) is 11.8. The van der Waals surface area contributed by atoms with Crippen molar-refractivity contribution in [1.29, 1.82) is 5.41 Å². The Morgan fingerprint density at radius 3 is 1.69 bits per heavy atom. The number of Topliss-reactive ketones (excluding diaryl/α,β-unsaturated/α-hetero) is 1. The predicted molar refractivity (Wildman–Crippen MR) is 113 cm³/mol. The highest BCUT2D eigenvalue weighted by molar-refractivity contribution is 6.02. The predicted octanol–water partition coefficient (Wildman–Crippen LogP) is 6.85. The number of carbonyl (C=O) groups excluding carboxylic acids is 1. The Balaban J connectivity index is 3.82. The third kappa shape index (κ3) is 14.5. The highest BCUT2D eigenvalue weighted by atomic mass is 16.3. The van der Waals surface area contributed by atoms with E-state index in [2.05, 4.69) is 13.8 Å². The number of unbranched alkanes of at least 4 members (excludes halogenated alkanes) is 11. The van der Waals surface area contributed by atoms with E-state index >= 15 is 0 Å². The maximum absolute atomic E-state index is 11.8. The molecule has 1 unspecified atom stereocenters. The zero-order valence-corrected chi connectivity index (χ0v) is 17.8. The van der Waals surface area contributed by atoms with Gasteiger partial charge in [0.2, 0.25) is 0 Å². The van der Waals surface area contributed by atoms with Crippen LogP contribution in [0.2, 0.25) is 0 Å². The van der Waals surface area contributed by atoms with Gasteiger partial charge in [0.05, 0.1) is 12.0 Å². The third-order valence-corrected chi connectivity index (χ3v) is 5.35. The lowest BCUT2D eigenvalue weighted by molar-refractivity contribution is -0.119. The van der Waals surface area contributed by atoms with Crippen molar-refractivity contribution in [3.63, 3.8) is 0 Å². The van der Waals surface area contributed by atoms with Crippen LogP contribution in [0, 0.1) is 11.3 Å². The number of rotatable bonds is 19. The molecule has 0 saturated heterocycles. The zero-order chi connectivity index (χ0) is 19.6. The maximum atomic E-state index is 11.8. The fourth-order valence-electron chi connectivity index (χ4n) is 3.59. The summed E-state index contributed by atoms with van der Waals surface area (Å²) in [6.45, 7) is 6.01. The first-order chi connectivity index (χ1) is 12.5. The number of nitrogens with one attached hydrogen (secondary N) is 1. The molecule has 0 spiro atoms. The second kappa shape index (κ2) is 17.7. The van der Waals surface area contributed by atoms with Crippen LogP contribution in [0.1, 0.15) is 124 Å². The van der Waals surface area contributed by atoms with Crippen molar-refractivity contribution in [3.05, 3.63) is 0 Å². The molecule has 0 aliphatic rings. The Labute approximate surface area is 162 Å². The lowest BCUT2D eigenvalue weighted by Crippen LogP contribution is -2.25. The summed E-state index contributed by atoms with van der Waals surface area (Å²) < 4.78 is 0. The SMILES string of the molecule is CCCCCCCCCCC[C@@H](O)CC(=N)C(CCCCCC)C(C)=O. The van der Waals surface area contributed by atoms with Gasteiger partial charge in [0.15, 0.2) is 0 Å². The minimum Gasteiger partial charge on any atom is -0.393 e. The Kier molecular flexibility index (Phi) is 17.2. The molecule has 0 radical (unpaired) electrons. The minimum absolute atomic E-state index is 0.0850. The molecule has 0 aromatic rings. The molecule has 0 rings (SSSR count). The summed E-state index contributed by atoms with van der Waals surface area (Å²) >= 11 is 0. The van der Waals surface area contributed by atoms with Crippen molar-refractivity contribution in [1.82, 2.24) is 0 Å². The summed E-state index contributed by atoms with van der Waals surface area (Å²) in [6, 6.07) is 0. The Morgan fingerprint density at radius 2 is 1.19 bits per heavy atom. The lowest BCUT2D eigenvalue weighted by atomic mass is 9.89. The molecule has 2 atom stereocenters. The molecule has 154 valence electrons. The number of aliphatic hydroxyl groups excluding tert-OH is 1. The van der Waals surface area contributed by atoms with E-state index in [1.165, 1.54) is 64.2 Å². The van der Waals surface area contributed by atoms with Crippen molar-refractivity contribution < 1.29 is 9.90 Å². The van der Waals surface area contributed by atoms with Gasteiger partial charge in [-0.15, -0.1) is 0 Å². The summed E-state index contributed by atoms with van der Waals surface area (Å²) in [6.07, 6.45) is 17.5. The molecule has 0 fully saturated rings. The van der Waals surface area contributed by atoms with Gasteiger partial charge < -0.3 is 10.5 Å². The van der Waals surface area contributed by atoms with E-state index in [9.17, 15) is 9.90 Å². The molecule has 0 saturated carbocycles. The molecule has 0 heterocycles.